The van der Waals surface area contributed by atoms with Gasteiger partial charge in [0.15, 0.2) is 0 Å². The molecule has 0 aliphatic carbocycles. The van der Waals surface area contributed by atoms with E-state index in [-0.39, 0.29) is 5.56 Å². The minimum Gasteiger partial charge on any atom is -0.457 e. The van der Waals surface area contributed by atoms with Crippen molar-refractivity contribution in [2.24, 2.45) is 0 Å². The van der Waals surface area contributed by atoms with Gasteiger partial charge in [-0.3, -0.25) is 9.59 Å². The minimum atomic E-state index is -0.419. The highest BCUT2D eigenvalue weighted by Gasteiger charge is 2.37. The van der Waals surface area contributed by atoms with Crippen LogP contribution in [0.15, 0.2) is 66.7 Å². The highest BCUT2D eigenvalue weighted by Crippen LogP contribution is 2.32. The summed E-state index contributed by atoms with van der Waals surface area (Å²) >= 11 is 0. The SMILES string of the molecule is C#Cc1cccc(Oc2ccc3c(c2)C(=O)N(c2cccc(C#C)c2)C3=O)c1. The first kappa shape index (κ1) is 17.1. The molecule has 3 aromatic rings. The smallest absolute Gasteiger partial charge is 0.266 e. The van der Waals surface area contributed by atoms with E-state index in [0.717, 1.165) is 4.90 Å². The van der Waals surface area contributed by atoms with Crippen molar-refractivity contribution in [1.29, 1.82) is 0 Å². The lowest BCUT2D eigenvalue weighted by Crippen LogP contribution is -2.29. The number of benzene rings is 3. The normalized spacial score (nSPS) is 12.3. The van der Waals surface area contributed by atoms with E-state index >= 15 is 0 Å². The molecule has 3 aromatic carbocycles. The Kier molecular flexibility index (Phi) is 4.16. The summed E-state index contributed by atoms with van der Waals surface area (Å²) in [5.74, 6) is 5.22. The second kappa shape index (κ2) is 6.79. The Morgan fingerprint density at radius 3 is 2.11 bits per heavy atom. The number of nitrogens with zero attached hydrogens (tertiary/aromatic N) is 1. The lowest BCUT2D eigenvalue weighted by atomic mass is 10.1. The molecule has 2 amide bonds. The third-order valence-electron chi connectivity index (χ3n) is 4.37. The molecule has 0 saturated heterocycles. The van der Waals surface area contributed by atoms with E-state index < -0.39 is 11.8 Å². The van der Waals surface area contributed by atoms with Crippen molar-refractivity contribution in [3.63, 3.8) is 0 Å². The quantitative estimate of drug-likeness (QED) is 0.516. The van der Waals surface area contributed by atoms with Gasteiger partial charge in [-0.25, -0.2) is 4.90 Å². The van der Waals surface area contributed by atoms with Crippen molar-refractivity contribution in [3.8, 4) is 36.2 Å². The van der Waals surface area contributed by atoms with Gasteiger partial charge >= 0.3 is 0 Å². The third kappa shape index (κ3) is 2.90. The molecule has 0 saturated carbocycles. The van der Waals surface area contributed by atoms with Gasteiger partial charge in [-0.1, -0.05) is 24.0 Å². The first-order valence-corrected chi connectivity index (χ1v) is 8.45. The number of hydrogen-bond donors (Lipinski definition) is 0. The average molecular weight is 363 g/mol. The number of terminal acetylenes is 2. The maximum atomic E-state index is 12.9. The Labute approximate surface area is 162 Å². The molecule has 0 atom stereocenters. The zero-order valence-corrected chi connectivity index (χ0v) is 14.7. The lowest BCUT2D eigenvalue weighted by Gasteiger charge is -2.13. The van der Waals surface area contributed by atoms with Crippen LogP contribution in [0.1, 0.15) is 31.8 Å². The van der Waals surface area contributed by atoms with Crippen LogP contribution >= 0.6 is 0 Å². The summed E-state index contributed by atoms with van der Waals surface area (Å²) in [6.45, 7) is 0. The predicted molar refractivity (Wildman–Crippen MR) is 106 cm³/mol. The molecule has 4 rings (SSSR count). The topological polar surface area (TPSA) is 46.6 Å². The Morgan fingerprint density at radius 1 is 0.714 bits per heavy atom. The van der Waals surface area contributed by atoms with Gasteiger partial charge in [0.05, 0.1) is 16.8 Å². The highest BCUT2D eigenvalue weighted by molar-refractivity contribution is 6.34. The molecule has 0 unspecified atom stereocenters. The van der Waals surface area contributed by atoms with E-state index in [1.165, 1.54) is 0 Å². The Bertz CT molecular complexity index is 1210. The molecular formula is C24H13NO3. The summed E-state index contributed by atoms with van der Waals surface area (Å²) in [6, 6.07) is 18.6. The van der Waals surface area contributed by atoms with Crippen molar-refractivity contribution in [2.45, 2.75) is 0 Å². The molecule has 1 aliphatic heterocycles. The summed E-state index contributed by atoms with van der Waals surface area (Å²) < 4.78 is 5.80. The molecule has 0 aromatic heterocycles. The van der Waals surface area contributed by atoms with Gasteiger partial charge in [-0.05, 0) is 54.6 Å². The minimum absolute atomic E-state index is 0.279. The van der Waals surface area contributed by atoms with E-state index in [1.807, 2.05) is 0 Å². The van der Waals surface area contributed by atoms with Crippen LogP contribution in [0.4, 0.5) is 5.69 Å². The van der Waals surface area contributed by atoms with Gasteiger partial charge in [0.2, 0.25) is 0 Å². The highest BCUT2D eigenvalue weighted by atomic mass is 16.5. The van der Waals surface area contributed by atoms with Crippen molar-refractivity contribution >= 4 is 17.5 Å². The summed E-state index contributed by atoms with van der Waals surface area (Å²) in [5, 5.41) is 0. The summed E-state index contributed by atoms with van der Waals surface area (Å²) in [4.78, 5) is 26.8. The summed E-state index contributed by atoms with van der Waals surface area (Å²) in [6.07, 6.45) is 10.8. The van der Waals surface area contributed by atoms with Crippen molar-refractivity contribution in [1.82, 2.24) is 0 Å². The maximum absolute atomic E-state index is 12.9. The van der Waals surface area contributed by atoms with Crippen LogP contribution in [-0.2, 0) is 0 Å². The first-order valence-electron chi connectivity index (χ1n) is 8.45. The molecule has 1 heterocycles. The number of carbonyl (C=O) groups excluding carboxylic acids is 2. The standard InChI is InChI=1S/C24H13NO3/c1-3-16-7-5-9-18(13-16)25-23(26)21-12-11-20(15-22(21)24(25)27)28-19-10-6-8-17(4-2)14-19/h1-2,5-15H. The first-order chi connectivity index (χ1) is 13.6. The molecule has 0 fully saturated rings. The molecule has 0 N–H and O–H groups in total. The number of rotatable bonds is 3. The van der Waals surface area contributed by atoms with Crippen molar-refractivity contribution < 1.29 is 14.3 Å². The monoisotopic (exact) mass is 363 g/mol. The molecule has 28 heavy (non-hydrogen) atoms. The molecule has 0 radical (unpaired) electrons. The second-order valence-electron chi connectivity index (χ2n) is 6.12. The fourth-order valence-corrected chi connectivity index (χ4v) is 3.04. The van der Waals surface area contributed by atoms with Crippen molar-refractivity contribution in [3.05, 3.63) is 89.0 Å². The van der Waals surface area contributed by atoms with Crippen molar-refractivity contribution in [2.75, 3.05) is 4.90 Å². The van der Waals surface area contributed by atoms with Crippen LogP contribution in [0.3, 0.4) is 0 Å². The van der Waals surface area contributed by atoms with E-state index in [2.05, 4.69) is 11.8 Å². The van der Waals surface area contributed by atoms with Crippen LogP contribution in [0.2, 0.25) is 0 Å². The fraction of sp³-hybridized carbons (Fsp3) is 0. The molecule has 4 nitrogen and oxygen atoms in total. The number of fused-ring (bicyclic) bond motifs is 1. The predicted octanol–water partition coefficient (Wildman–Crippen LogP) is 4.24. The molecular weight excluding hydrogens is 350 g/mol. The van der Waals surface area contributed by atoms with Gasteiger partial charge in [0.1, 0.15) is 11.5 Å². The van der Waals surface area contributed by atoms with Gasteiger partial charge in [-0.2, -0.15) is 0 Å². The van der Waals surface area contributed by atoms with Crippen LogP contribution in [-0.4, -0.2) is 11.8 Å². The third-order valence-corrected chi connectivity index (χ3v) is 4.37. The molecule has 0 spiro atoms. The average Bonchev–Trinajstić information content (AvgIpc) is 2.98. The molecule has 0 bridgehead atoms. The van der Waals surface area contributed by atoms with E-state index in [9.17, 15) is 9.59 Å². The lowest BCUT2D eigenvalue weighted by molar-refractivity contribution is 0.0926. The summed E-state index contributed by atoms with van der Waals surface area (Å²) in [7, 11) is 0. The van der Waals surface area contributed by atoms with Gasteiger partial charge in [0.25, 0.3) is 11.8 Å². The largest absolute Gasteiger partial charge is 0.457 e. The Morgan fingerprint density at radius 2 is 1.36 bits per heavy atom. The Balaban J connectivity index is 1.67. The molecule has 1 aliphatic rings. The molecule has 4 heteroatoms. The van der Waals surface area contributed by atoms with E-state index in [4.69, 9.17) is 17.6 Å². The van der Waals surface area contributed by atoms with Gasteiger partial charge in [-0.15, -0.1) is 12.8 Å². The number of carbonyl (C=O) groups is 2. The van der Waals surface area contributed by atoms with Crippen LogP contribution in [0.25, 0.3) is 0 Å². The van der Waals surface area contributed by atoms with Crippen LogP contribution in [0.5, 0.6) is 11.5 Å². The number of hydrogen-bond acceptors (Lipinski definition) is 3. The zero-order chi connectivity index (χ0) is 19.7. The second-order valence-corrected chi connectivity index (χ2v) is 6.12. The van der Waals surface area contributed by atoms with E-state index in [1.54, 1.807) is 66.7 Å². The number of ether oxygens (including phenoxy) is 1. The zero-order valence-electron chi connectivity index (χ0n) is 14.7. The summed E-state index contributed by atoms with van der Waals surface area (Å²) in [5.41, 5.74) is 2.31. The van der Waals surface area contributed by atoms with Crippen LogP contribution < -0.4 is 9.64 Å². The fourth-order valence-electron chi connectivity index (χ4n) is 3.04. The van der Waals surface area contributed by atoms with Gasteiger partial charge < -0.3 is 4.74 Å². The number of anilines is 1. The van der Waals surface area contributed by atoms with E-state index in [0.29, 0.717) is 33.9 Å². The maximum Gasteiger partial charge on any atom is 0.266 e. The van der Waals surface area contributed by atoms with Gasteiger partial charge in [0, 0.05) is 11.1 Å². The number of amides is 2. The van der Waals surface area contributed by atoms with Crippen LogP contribution in [0, 0.1) is 24.7 Å². The Hall–Kier alpha value is -4.28. The number of imide groups is 1. The molecule has 132 valence electrons.